The average molecular weight is 335 g/mol. The standard InChI is InChI=1S/C17H25N3O2S/c1-17(2,3)16-18-15(19-22-16)12-20(10-13-6-4-8-21-13)11-14-7-5-9-23-14/h5,7,9,13H,4,6,8,10-12H2,1-3H3/t13-/m0/s1. The lowest BCUT2D eigenvalue weighted by Crippen LogP contribution is -2.31. The van der Waals surface area contributed by atoms with Gasteiger partial charge in [0.25, 0.3) is 0 Å². The Labute approximate surface area is 141 Å². The van der Waals surface area contributed by atoms with Gasteiger partial charge in [-0.3, -0.25) is 4.90 Å². The molecule has 6 heteroatoms. The molecule has 0 aliphatic carbocycles. The van der Waals surface area contributed by atoms with E-state index in [1.54, 1.807) is 11.3 Å². The summed E-state index contributed by atoms with van der Waals surface area (Å²) in [5.74, 6) is 1.45. The van der Waals surface area contributed by atoms with Gasteiger partial charge in [-0.15, -0.1) is 11.3 Å². The molecule has 23 heavy (non-hydrogen) atoms. The Morgan fingerprint density at radius 2 is 2.22 bits per heavy atom. The zero-order chi connectivity index (χ0) is 16.3. The lowest BCUT2D eigenvalue weighted by molar-refractivity contribution is 0.0671. The summed E-state index contributed by atoms with van der Waals surface area (Å²) in [6.45, 7) is 9.64. The third-order valence-electron chi connectivity index (χ3n) is 3.92. The molecule has 1 aliphatic rings. The highest BCUT2D eigenvalue weighted by Gasteiger charge is 2.24. The molecule has 1 fully saturated rings. The first-order chi connectivity index (χ1) is 11.0. The monoisotopic (exact) mass is 335 g/mol. The van der Waals surface area contributed by atoms with Crippen molar-refractivity contribution in [1.82, 2.24) is 15.0 Å². The second-order valence-corrected chi connectivity index (χ2v) is 8.18. The number of rotatable bonds is 6. The molecule has 0 radical (unpaired) electrons. The summed E-state index contributed by atoms with van der Waals surface area (Å²) >= 11 is 1.78. The van der Waals surface area contributed by atoms with Crippen LogP contribution in [-0.2, 0) is 23.2 Å². The maximum Gasteiger partial charge on any atom is 0.232 e. The topological polar surface area (TPSA) is 51.4 Å². The molecule has 3 heterocycles. The van der Waals surface area contributed by atoms with Crippen molar-refractivity contribution < 1.29 is 9.26 Å². The number of hydrogen-bond acceptors (Lipinski definition) is 6. The molecule has 2 aromatic heterocycles. The van der Waals surface area contributed by atoms with Crippen LogP contribution in [0.4, 0.5) is 0 Å². The first-order valence-corrected chi connectivity index (χ1v) is 9.08. The first kappa shape index (κ1) is 16.6. The summed E-state index contributed by atoms with van der Waals surface area (Å²) in [5, 5.41) is 6.28. The zero-order valence-electron chi connectivity index (χ0n) is 14.1. The number of hydrogen-bond donors (Lipinski definition) is 0. The predicted octanol–water partition coefficient (Wildman–Crippen LogP) is 3.61. The third-order valence-corrected chi connectivity index (χ3v) is 4.78. The fraction of sp³-hybridized carbons (Fsp3) is 0.647. The molecule has 0 N–H and O–H groups in total. The molecule has 0 amide bonds. The van der Waals surface area contributed by atoms with Gasteiger partial charge >= 0.3 is 0 Å². The maximum atomic E-state index is 5.80. The lowest BCUT2D eigenvalue weighted by atomic mass is 9.97. The van der Waals surface area contributed by atoms with Gasteiger partial charge in [-0.2, -0.15) is 4.98 Å². The fourth-order valence-corrected chi connectivity index (χ4v) is 3.45. The highest BCUT2D eigenvalue weighted by Crippen LogP contribution is 2.22. The van der Waals surface area contributed by atoms with Crippen molar-refractivity contribution in [2.45, 2.75) is 58.2 Å². The Balaban J connectivity index is 1.68. The molecule has 1 saturated heterocycles. The quantitative estimate of drug-likeness (QED) is 0.807. The lowest BCUT2D eigenvalue weighted by Gasteiger charge is -2.23. The molecule has 5 nitrogen and oxygen atoms in total. The SMILES string of the molecule is CC(C)(C)c1nc(CN(Cc2cccs2)C[C@@H]2CCCO2)no1. The van der Waals surface area contributed by atoms with Gasteiger partial charge in [0.15, 0.2) is 5.82 Å². The Morgan fingerprint density at radius 1 is 1.35 bits per heavy atom. The van der Waals surface area contributed by atoms with Crippen LogP contribution in [0, 0.1) is 0 Å². The van der Waals surface area contributed by atoms with E-state index < -0.39 is 0 Å². The van der Waals surface area contributed by atoms with Gasteiger partial charge in [0.2, 0.25) is 5.89 Å². The Kier molecular flexibility index (Phi) is 5.14. The molecule has 0 saturated carbocycles. The van der Waals surface area contributed by atoms with Gasteiger partial charge in [-0.05, 0) is 24.3 Å². The van der Waals surface area contributed by atoms with E-state index >= 15 is 0 Å². The second-order valence-electron chi connectivity index (χ2n) is 7.15. The van der Waals surface area contributed by atoms with Crippen LogP contribution in [0.15, 0.2) is 22.0 Å². The van der Waals surface area contributed by atoms with Crippen LogP contribution in [0.5, 0.6) is 0 Å². The predicted molar refractivity (Wildman–Crippen MR) is 90.4 cm³/mol. The minimum Gasteiger partial charge on any atom is -0.377 e. The van der Waals surface area contributed by atoms with Crippen LogP contribution in [0.25, 0.3) is 0 Å². The van der Waals surface area contributed by atoms with Crippen molar-refractivity contribution >= 4 is 11.3 Å². The van der Waals surface area contributed by atoms with E-state index in [2.05, 4.69) is 53.3 Å². The van der Waals surface area contributed by atoms with Crippen molar-refractivity contribution in [1.29, 1.82) is 0 Å². The molecular formula is C17H25N3O2S. The van der Waals surface area contributed by atoms with Crippen molar-refractivity contribution in [3.8, 4) is 0 Å². The number of thiophene rings is 1. The van der Waals surface area contributed by atoms with Gasteiger partial charge in [0.1, 0.15) is 0 Å². The van der Waals surface area contributed by atoms with Crippen LogP contribution in [0.1, 0.15) is 50.2 Å². The summed E-state index contributed by atoms with van der Waals surface area (Å²) in [6, 6.07) is 4.26. The molecule has 0 spiro atoms. The average Bonchev–Trinajstić information content (AvgIpc) is 3.18. The van der Waals surface area contributed by atoms with Crippen LogP contribution in [0.3, 0.4) is 0 Å². The summed E-state index contributed by atoms with van der Waals surface area (Å²) in [6.07, 6.45) is 2.62. The van der Waals surface area contributed by atoms with Crippen LogP contribution < -0.4 is 0 Å². The van der Waals surface area contributed by atoms with E-state index in [4.69, 9.17) is 9.26 Å². The highest BCUT2D eigenvalue weighted by atomic mass is 32.1. The van der Waals surface area contributed by atoms with E-state index in [0.29, 0.717) is 18.5 Å². The van der Waals surface area contributed by atoms with Gasteiger partial charge < -0.3 is 9.26 Å². The molecule has 0 unspecified atom stereocenters. The zero-order valence-corrected chi connectivity index (χ0v) is 14.9. The van der Waals surface area contributed by atoms with Crippen molar-refractivity contribution in [3.05, 3.63) is 34.1 Å². The van der Waals surface area contributed by atoms with Crippen molar-refractivity contribution in [2.75, 3.05) is 13.2 Å². The minimum atomic E-state index is -0.113. The molecular weight excluding hydrogens is 310 g/mol. The van der Waals surface area contributed by atoms with E-state index in [1.807, 2.05) is 0 Å². The summed E-state index contributed by atoms with van der Waals surface area (Å²) in [4.78, 5) is 8.28. The maximum absolute atomic E-state index is 5.80. The van der Waals surface area contributed by atoms with Gasteiger partial charge in [-0.1, -0.05) is 32.0 Å². The normalized spacial score (nSPS) is 18.9. The van der Waals surface area contributed by atoms with E-state index in [1.165, 1.54) is 4.88 Å². The van der Waals surface area contributed by atoms with Gasteiger partial charge in [-0.25, -0.2) is 0 Å². The highest BCUT2D eigenvalue weighted by molar-refractivity contribution is 7.09. The molecule has 1 aliphatic heterocycles. The third kappa shape index (κ3) is 4.62. The summed E-state index contributed by atoms with van der Waals surface area (Å²) in [7, 11) is 0. The fourth-order valence-electron chi connectivity index (χ4n) is 2.71. The van der Waals surface area contributed by atoms with Gasteiger partial charge in [0, 0.05) is 30.0 Å². The van der Waals surface area contributed by atoms with Crippen LogP contribution >= 0.6 is 11.3 Å². The van der Waals surface area contributed by atoms with E-state index in [0.717, 1.165) is 38.4 Å². The van der Waals surface area contributed by atoms with Crippen molar-refractivity contribution in [2.24, 2.45) is 0 Å². The molecule has 0 bridgehead atoms. The summed E-state index contributed by atoms with van der Waals surface area (Å²) in [5.41, 5.74) is -0.113. The largest absolute Gasteiger partial charge is 0.377 e. The van der Waals surface area contributed by atoms with Crippen LogP contribution in [-0.4, -0.2) is 34.3 Å². The van der Waals surface area contributed by atoms with E-state index in [9.17, 15) is 0 Å². The van der Waals surface area contributed by atoms with Crippen LogP contribution in [0.2, 0.25) is 0 Å². The molecule has 3 rings (SSSR count). The summed E-state index contributed by atoms with van der Waals surface area (Å²) < 4.78 is 11.2. The van der Waals surface area contributed by atoms with E-state index in [-0.39, 0.29) is 5.41 Å². The minimum absolute atomic E-state index is 0.113. The number of ether oxygens (including phenoxy) is 1. The first-order valence-electron chi connectivity index (χ1n) is 8.20. The molecule has 1 atom stereocenters. The van der Waals surface area contributed by atoms with Gasteiger partial charge in [0.05, 0.1) is 12.6 Å². The molecule has 126 valence electrons. The number of nitrogens with zero attached hydrogens (tertiary/aromatic N) is 3. The molecule has 2 aromatic rings. The number of aromatic nitrogens is 2. The Hall–Kier alpha value is -1.24. The Bertz CT molecular complexity index is 598. The van der Waals surface area contributed by atoms with Crippen molar-refractivity contribution in [3.63, 3.8) is 0 Å². The molecule has 0 aromatic carbocycles. The second kappa shape index (κ2) is 7.11. The smallest absolute Gasteiger partial charge is 0.232 e. The Morgan fingerprint density at radius 3 is 2.83 bits per heavy atom.